The molecule has 11 heteroatoms. The maximum Gasteiger partial charge on any atom is 0.416 e. The number of imidazole rings is 1. The second-order valence-corrected chi connectivity index (χ2v) is 5.57. The number of ether oxygens (including phenoxy) is 1. The van der Waals surface area contributed by atoms with Crippen LogP contribution < -0.4 is 10.9 Å². The van der Waals surface area contributed by atoms with Crippen molar-refractivity contribution in [2.24, 2.45) is 0 Å². The van der Waals surface area contributed by atoms with Gasteiger partial charge in [0.1, 0.15) is 6.61 Å². The molecule has 0 amide bonds. The normalized spacial score (nSPS) is 11.6. The Kier molecular flexibility index (Phi) is 4.84. The van der Waals surface area contributed by atoms with Gasteiger partial charge in [0.2, 0.25) is 5.95 Å². The molecule has 2 aromatic heterocycles. The van der Waals surface area contributed by atoms with E-state index in [1.807, 2.05) is 0 Å². The third-order valence-corrected chi connectivity index (χ3v) is 3.56. The SMILES string of the molecule is CC(=O)OCCn1cnc2c(=O)[nH]c(Nc3cccc(C(F)(F)F)c3)nc21. The molecule has 0 aliphatic heterocycles. The highest BCUT2D eigenvalue weighted by molar-refractivity contribution is 5.71. The number of carbonyl (C=O) groups excluding carboxylic acids is 1. The number of carbonyl (C=O) groups is 1. The number of alkyl halides is 3. The Morgan fingerprint density at radius 3 is 2.85 bits per heavy atom. The summed E-state index contributed by atoms with van der Waals surface area (Å²) < 4.78 is 44.8. The van der Waals surface area contributed by atoms with E-state index in [4.69, 9.17) is 4.74 Å². The number of benzene rings is 1. The molecule has 1 aromatic carbocycles. The smallest absolute Gasteiger partial charge is 0.416 e. The molecule has 142 valence electrons. The molecule has 3 rings (SSSR count). The van der Waals surface area contributed by atoms with Crippen LogP contribution in [0.15, 0.2) is 35.4 Å². The molecule has 0 atom stereocenters. The van der Waals surface area contributed by atoms with Gasteiger partial charge in [-0.3, -0.25) is 14.6 Å². The molecular weight excluding hydrogens is 367 g/mol. The maximum atomic E-state index is 12.8. The first-order chi connectivity index (χ1) is 12.7. The summed E-state index contributed by atoms with van der Waals surface area (Å²) >= 11 is 0. The van der Waals surface area contributed by atoms with Crippen molar-refractivity contribution in [1.29, 1.82) is 0 Å². The number of hydrogen-bond donors (Lipinski definition) is 2. The lowest BCUT2D eigenvalue weighted by Gasteiger charge is -2.10. The average Bonchev–Trinajstić information content (AvgIpc) is 2.98. The monoisotopic (exact) mass is 381 g/mol. The summed E-state index contributed by atoms with van der Waals surface area (Å²) in [6, 6.07) is 4.50. The van der Waals surface area contributed by atoms with E-state index in [0.717, 1.165) is 12.1 Å². The van der Waals surface area contributed by atoms with Crippen LogP contribution in [0, 0.1) is 0 Å². The summed E-state index contributed by atoms with van der Waals surface area (Å²) in [5, 5.41) is 2.65. The number of aromatic amines is 1. The highest BCUT2D eigenvalue weighted by Gasteiger charge is 2.30. The molecule has 0 aliphatic rings. The number of aromatic nitrogens is 4. The summed E-state index contributed by atoms with van der Waals surface area (Å²) in [6.07, 6.45) is -3.12. The van der Waals surface area contributed by atoms with Crippen LogP contribution in [-0.4, -0.2) is 32.1 Å². The zero-order valence-electron chi connectivity index (χ0n) is 14.0. The zero-order chi connectivity index (χ0) is 19.6. The van der Waals surface area contributed by atoms with Gasteiger partial charge in [-0.25, -0.2) is 4.98 Å². The highest BCUT2D eigenvalue weighted by atomic mass is 19.4. The number of anilines is 2. The van der Waals surface area contributed by atoms with Crippen molar-refractivity contribution < 1.29 is 22.7 Å². The van der Waals surface area contributed by atoms with E-state index in [-0.39, 0.29) is 36.0 Å². The molecular formula is C16H14F3N5O3. The molecule has 0 saturated heterocycles. The lowest BCUT2D eigenvalue weighted by atomic mass is 10.2. The molecule has 0 unspecified atom stereocenters. The van der Waals surface area contributed by atoms with Crippen molar-refractivity contribution in [2.45, 2.75) is 19.6 Å². The number of nitrogens with one attached hydrogen (secondary N) is 2. The van der Waals surface area contributed by atoms with Crippen LogP contribution in [0.25, 0.3) is 11.2 Å². The number of fused-ring (bicyclic) bond motifs is 1. The summed E-state index contributed by atoms with van der Waals surface area (Å²) in [4.78, 5) is 33.5. The fourth-order valence-electron chi connectivity index (χ4n) is 2.37. The lowest BCUT2D eigenvalue weighted by molar-refractivity contribution is -0.141. The van der Waals surface area contributed by atoms with Crippen LogP contribution >= 0.6 is 0 Å². The average molecular weight is 381 g/mol. The van der Waals surface area contributed by atoms with Gasteiger partial charge in [-0.1, -0.05) is 6.07 Å². The van der Waals surface area contributed by atoms with E-state index in [9.17, 15) is 22.8 Å². The third kappa shape index (κ3) is 4.25. The summed E-state index contributed by atoms with van der Waals surface area (Å²) in [5.41, 5.74) is -1.01. The van der Waals surface area contributed by atoms with Gasteiger partial charge in [-0.2, -0.15) is 18.2 Å². The second-order valence-electron chi connectivity index (χ2n) is 5.57. The van der Waals surface area contributed by atoms with Gasteiger partial charge in [0.25, 0.3) is 5.56 Å². The Morgan fingerprint density at radius 2 is 2.15 bits per heavy atom. The molecule has 0 spiro atoms. The zero-order valence-corrected chi connectivity index (χ0v) is 14.0. The van der Waals surface area contributed by atoms with Gasteiger partial charge in [0.15, 0.2) is 11.2 Å². The van der Waals surface area contributed by atoms with Gasteiger partial charge in [-0.05, 0) is 18.2 Å². The lowest BCUT2D eigenvalue weighted by Crippen LogP contribution is -2.14. The Morgan fingerprint density at radius 1 is 1.37 bits per heavy atom. The van der Waals surface area contributed by atoms with Gasteiger partial charge in [0, 0.05) is 12.6 Å². The second kappa shape index (κ2) is 7.09. The summed E-state index contributed by atoms with van der Waals surface area (Å²) in [6.45, 7) is 1.55. The first-order valence-electron chi connectivity index (χ1n) is 7.77. The van der Waals surface area contributed by atoms with Crippen LogP contribution in [0.5, 0.6) is 0 Å². The standard InChI is InChI=1S/C16H14F3N5O3/c1-9(25)27-6-5-24-8-20-12-13(24)22-15(23-14(12)26)21-11-4-2-3-10(7-11)16(17,18)19/h2-4,7-8H,5-6H2,1H3,(H2,21,22,23,26). The predicted octanol–water partition coefficient (Wildman–Crippen LogP) is 2.45. The van der Waals surface area contributed by atoms with Gasteiger partial charge in [0.05, 0.1) is 18.4 Å². The van der Waals surface area contributed by atoms with Crippen molar-refractivity contribution in [2.75, 3.05) is 11.9 Å². The molecule has 2 heterocycles. The Balaban J connectivity index is 1.89. The van der Waals surface area contributed by atoms with Crippen LogP contribution in [-0.2, 0) is 22.3 Å². The van der Waals surface area contributed by atoms with Crippen molar-refractivity contribution in [3.8, 4) is 0 Å². The minimum absolute atomic E-state index is 0.0407. The number of hydrogen-bond acceptors (Lipinski definition) is 6. The van der Waals surface area contributed by atoms with Crippen LogP contribution in [0.3, 0.4) is 0 Å². The van der Waals surface area contributed by atoms with Crippen LogP contribution in [0.1, 0.15) is 12.5 Å². The molecule has 0 saturated carbocycles. The summed E-state index contributed by atoms with van der Waals surface area (Å²) in [7, 11) is 0. The molecule has 2 N–H and O–H groups in total. The molecule has 0 bridgehead atoms. The van der Waals surface area contributed by atoms with E-state index < -0.39 is 23.3 Å². The molecule has 8 nitrogen and oxygen atoms in total. The largest absolute Gasteiger partial charge is 0.464 e. The Labute approximate surface area is 150 Å². The summed E-state index contributed by atoms with van der Waals surface area (Å²) in [5.74, 6) is -0.488. The van der Waals surface area contributed by atoms with E-state index in [0.29, 0.717) is 0 Å². The molecule has 0 fully saturated rings. The van der Waals surface area contributed by atoms with E-state index in [1.54, 1.807) is 0 Å². The molecule has 27 heavy (non-hydrogen) atoms. The third-order valence-electron chi connectivity index (χ3n) is 3.56. The fourth-order valence-corrected chi connectivity index (χ4v) is 2.37. The van der Waals surface area contributed by atoms with E-state index in [2.05, 4.69) is 20.3 Å². The fraction of sp³-hybridized carbons (Fsp3) is 0.250. The Hall–Kier alpha value is -3.37. The first kappa shape index (κ1) is 18.4. The van der Waals surface area contributed by atoms with Gasteiger partial charge in [-0.15, -0.1) is 0 Å². The molecule has 3 aromatic rings. The Bertz CT molecular complexity index is 1040. The predicted molar refractivity (Wildman–Crippen MR) is 89.5 cm³/mol. The van der Waals surface area contributed by atoms with Gasteiger partial charge >= 0.3 is 12.1 Å². The highest BCUT2D eigenvalue weighted by Crippen LogP contribution is 2.31. The molecule has 0 radical (unpaired) electrons. The number of halogens is 3. The quantitative estimate of drug-likeness (QED) is 0.659. The minimum Gasteiger partial charge on any atom is -0.464 e. The van der Waals surface area contributed by atoms with Crippen LogP contribution in [0.2, 0.25) is 0 Å². The minimum atomic E-state index is -4.49. The van der Waals surface area contributed by atoms with Crippen molar-refractivity contribution >= 4 is 28.8 Å². The number of H-pyrrole nitrogens is 1. The van der Waals surface area contributed by atoms with Crippen molar-refractivity contribution in [3.63, 3.8) is 0 Å². The van der Waals surface area contributed by atoms with Crippen molar-refractivity contribution in [3.05, 3.63) is 46.5 Å². The number of esters is 1. The van der Waals surface area contributed by atoms with Crippen LogP contribution in [0.4, 0.5) is 24.8 Å². The first-order valence-corrected chi connectivity index (χ1v) is 7.77. The van der Waals surface area contributed by atoms with E-state index in [1.165, 1.54) is 30.0 Å². The maximum absolute atomic E-state index is 12.8. The van der Waals surface area contributed by atoms with E-state index >= 15 is 0 Å². The topological polar surface area (TPSA) is 102 Å². The number of rotatable bonds is 5. The molecule has 0 aliphatic carbocycles. The number of nitrogens with zero attached hydrogens (tertiary/aromatic N) is 3. The van der Waals surface area contributed by atoms with Gasteiger partial charge < -0.3 is 14.6 Å². The van der Waals surface area contributed by atoms with Crippen molar-refractivity contribution in [1.82, 2.24) is 19.5 Å².